The summed E-state index contributed by atoms with van der Waals surface area (Å²) in [6.07, 6.45) is -5.14. The van der Waals surface area contributed by atoms with Crippen molar-refractivity contribution >= 4 is 23.1 Å². The molecular weight excluding hydrogens is 323 g/mol. The predicted octanol–water partition coefficient (Wildman–Crippen LogP) is 3.75. The Bertz CT molecular complexity index is 644. The van der Waals surface area contributed by atoms with Gasteiger partial charge in [-0.1, -0.05) is 12.1 Å². The average molecular weight is 333 g/mol. The molecule has 1 aromatic heterocycles. The smallest absolute Gasteiger partial charge is 0.443 e. The lowest BCUT2D eigenvalue weighted by molar-refractivity contribution is -0.137. The Morgan fingerprint density at radius 2 is 2.10 bits per heavy atom. The first-order valence-electron chi connectivity index (χ1n) is 6.04. The van der Waals surface area contributed by atoms with Gasteiger partial charge in [-0.05, 0) is 12.1 Å². The van der Waals surface area contributed by atoms with Crippen LogP contribution in [0.25, 0.3) is 0 Å². The summed E-state index contributed by atoms with van der Waals surface area (Å²) in [5, 5.41) is 9.26. The van der Waals surface area contributed by atoms with Gasteiger partial charge in [0.1, 0.15) is 18.0 Å². The molecule has 1 N–H and O–H groups in total. The van der Waals surface area contributed by atoms with E-state index in [4.69, 9.17) is 4.74 Å². The molecule has 0 saturated carbocycles. The largest absolute Gasteiger partial charge is 0.485 e. The van der Waals surface area contributed by atoms with Gasteiger partial charge in [-0.3, -0.25) is 0 Å². The van der Waals surface area contributed by atoms with E-state index in [1.165, 1.54) is 11.8 Å². The van der Waals surface area contributed by atoms with Crippen molar-refractivity contribution in [3.63, 3.8) is 0 Å². The lowest BCUT2D eigenvalue weighted by atomic mass is 10.2. The van der Waals surface area contributed by atoms with Crippen molar-refractivity contribution in [2.45, 2.75) is 23.3 Å². The summed E-state index contributed by atoms with van der Waals surface area (Å²) in [6, 6.07) is 7.36. The van der Waals surface area contributed by atoms with Gasteiger partial charge in [-0.25, -0.2) is 4.98 Å². The Balaban J connectivity index is 1.77. The van der Waals surface area contributed by atoms with Crippen molar-refractivity contribution in [3.05, 3.63) is 40.3 Å². The molecule has 1 aliphatic rings. The number of hydrogen-bond donors (Lipinski definition) is 1. The highest BCUT2D eigenvalue weighted by molar-refractivity contribution is 7.99. The van der Waals surface area contributed by atoms with Gasteiger partial charge in [0.05, 0.1) is 4.88 Å². The maximum atomic E-state index is 12.5. The third-order valence-corrected chi connectivity index (χ3v) is 5.20. The number of hydrogen-bond acceptors (Lipinski definition) is 5. The number of alkyl halides is 3. The van der Waals surface area contributed by atoms with Crippen LogP contribution in [0.3, 0.4) is 0 Å². The number of ether oxygens (including phenoxy) is 1. The molecule has 3 nitrogen and oxygen atoms in total. The van der Waals surface area contributed by atoms with Gasteiger partial charge in [0.25, 0.3) is 0 Å². The molecule has 0 radical (unpaired) electrons. The standard InChI is InChI=1S/C13H10F3NO2S2/c14-13(15,16)12-17-5-10(21-12)11(18)8-6-20-9-4-2-1-3-7(9)19-8/h1-5,8,11,18H,6H2. The van der Waals surface area contributed by atoms with E-state index in [1.54, 1.807) is 6.07 Å². The van der Waals surface area contributed by atoms with Gasteiger partial charge in [-0.2, -0.15) is 13.2 Å². The van der Waals surface area contributed by atoms with Gasteiger partial charge in [0.15, 0.2) is 5.01 Å². The molecule has 2 heterocycles. The number of para-hydroxylation sites is 1. The molecule has 112 valence electrons. The minimum atomic E-state index is -4.49. The van der Waals surface area contributed by atoms with E-state index < -0.39 is 23.4 Å². The van der Waals surface area contributed by atoms with E-state index in [0.717, 1.165) is 11.1 Å². The number of thioether (sulfide) groups is 1. The fraction of sp³-hybridized carbons (Fsp3) is 0.308. The van der Waals surface area contributed by atoms with Crippen LogP contribution in [-0.4, -0.2) is 21.9 Å². The number of aliphatic hydroxyl groups excluding tert-OH is 1. The molecule has 0 amide bonds. The van der Waals surface area contributed by atoms with E-state index in [2.05, 4.69) is 4.98 Å². The van der Waals surface area contributed by atoms with Crippen LogP contribution in [0, 0.1) is 0 Å². The fourth-order valence-electron chi connectivity index (χ4n) is 1.93. The molecule has 1 aromatic carbocycles. The molecule has 2 aromatic rings. The fourth-order valence-corrected chi connectivity index (χ4v) is 3.78. The summed E-state index contributed by atoms with van der Waals surface area (Å²) < 4.78 is 43.3. The first-order valence-corrected chi connectivity index (χ1v) is 7.85. The Labute approximate surface area is 126 Å². The van der Waals surface area contributed by atoms with E-state index >= 15 is 0 Å². The number of rotatable bonds is 2. The average Bonchev–Trinajstić information content (AvgIpc) is 2.96. The lowest BCUT2D eigenvalue weighted by Crippen LogP contribution is -2.29. The summed E-state index contributed by atoms with van der Waals surface area (Å²) in [4.78, 5) is 4.44. The number of aromatic nitrogens is 1. The SMILES string of the molecule is OC(c1cnc(C(F)(F)F)s1)C1CSc2ccccc2O1. The number of fused-ring (bicyclic) bond motifs is 1. The maximum absolute atomic E-state index is 12.5. The van der Waals surface area contributed by atoms with Gasteiger partial charge in [-0.15, -0.1) is 23.1 Å². The summed E-state index contributed by atoms with van der Waals surface area (Å²) >= 11 is 1.96. The number of nitrogens with zero attached hydrogens (tertiary/aromatic N) is 1. The van der Waals surface area contributed by atoms with E-state index in [1.807, 2.05) is 18.2 Å². The van der Waals surface area contributed by atoms with Crippen LogP contribution in [0.2, 0.25) is 0 Å². The number of benzene rings is 1. The maximum Gasteiger partial charge on any atom is 0.443 e. The molecule has 2 unspecified atom stereocenters. The van der Waals surface area contributed by atoms with Crippen molar-refractivity contribution in [2.75, 3.05) is 5.75 Å². The first-order chi connectivity index (χ1) is 9.95. The van der Waals surface area contributed by atoms with Gasteiger partial charge >= 0.3 is 6.18 Å². The van der Waals surface area contributed by atoms with Crippen LogP contribution in [0.15, 0.2) is 35.4 Å². The predicted molar refractivity (Wildman–Crippen MR) is 73.7 cm³/mol. The van der Waals surface area contributed by atoms with Crippen LogP contribution in [0.4, 0.5) is 13.2 Å². The van der Waals surface area contributed by atoms with Crippen molar-refractivity contribution < 1.29 is 23.0 Å². The van der Waals surface area contributed by atoms with Gasteiger partial charge < -0.3 is 9.84 Å². The highest BCUT2D eigenvalue weighted by Crippen LogP contribution is 2.40. The number of halogens is 3. The van der Waals surface area contributed by atoms with Crippen molar-refractivity contribution in [1.82, 2.24) is 4.98 Å². The molecule has 0 fully saturated rings. The molecule has 0 bridgehead atoms. The number of thiazole rings is 1. The monoisotopic (exact) mass is 333 g/mol. The molecule has 21 heavy (non-hydrogen) atoms. The minimum Gasteiger partial charge on any atom is -0.485 e. The normalized spacial score (nSPS) is 19.7. The molecular formula is C13H10F3NO2S2. The zero-order chi connectivity index (χ0) is 15.0. The van der Waals surface area contributed by atoms with Gasteiger partial charge in [0.2, 0.25) is 0 Å². The third-order valence-electron chi connectivity index (χ3n) is 2.94. The zero-order valence-corrected chi connectivity index (χ0v) is 12.1. The lowest BCUT2D eigenvalue weighted by Gasteiger charge is -2.28. The Morgan fingerprint density at radius 3 is 2.81 bits per heavy atom. The first kappa shape index (κ1) is 14.7. The van der Waals surface area contributed by atoms with E-state index in [-0.39, 0.29) is 4.88 Å². The third kappa shape index (κ3) is 3.02. The molecule has 3 rings (SSSR count). The molecule has 1 aliphatic heterocycles. The summed E-state index contributed by atoms with van der Waals surface area (Å²) in [7, 11) is 0. The highest BCUT2D eigenvalue weighted by atomic mass is 32.2. The zero-order valence-electron chi connectivity index (χ0n) is 10.5. The highest BCUT2D eigenvalue weighted by Gasteiger charge is 2.37. The van der Waals surface area contributed by atoms with Crippen molar-refractivity contribution in [2.24, 2.45) is 0 Å². The van der Waals surface area contributed by atoms with Crippen molar-refractivity contribution in [3.8, 4) is 5.75 Å². The topological polar surface area (TPSA) is 42.4 Å². The van der Waals surface area contributed by atoms with Gasteiger partial charge in [0, 0.05) is 16.8 Å². The van der Waals surface area contributed by atoms with Crippen LogP contribution in [-0.2, 0) is 6.18 Å². The Hall–Kier alpha value is -1.25. The molecule has 0 spiro atoms. The molecule has 0 saturated heterocycles. The van der Waals surface area contributed by atoms with Crippen LogP contribution in [0.5, 0.6) is 5.75 Å². The van der Waals surface area contributed by atoms with Crippen LogP contribution in [0.1, 0.15) is 16.0 Å². The van der Waals surface area contributed by atoms with Crippen LogP contribution < -0.4 is 4.74 Å². The van der Waals surface area contributed by atoms with Crippen molar-refractivity contribution in [1.29, 1.82) is 0 Å². The molecule has 2 atom stereocenters. The molecule has 8 heteroatoms. The van der Waals surface area contributed by atoms with Crippen LogP contribution >= 0.6 is 23.1 Å². The summed E-state index contributed by atoms with van der Waals surface area (Å²) in [5.41, 5.74) is 0. The number of aliphatic hydroxyl groups is 1. The second-order valence-electron chi connectivity index (χ2n) is 4.42. The Morgan fingerprint density at radius 1 is 1.33 bits per heavy atom. The quantitative estimate of drug-likeness (QED) is 0.909. The summed E-state index contributed by atoms with van der Waals surface area (Å²) in [6.45, 7) is 0. The Kier molecular flexibility index (Phi) is 3.85. The molecule has 0 aliphatic carbocycles. The van der Waals surface area contributed by atoms with E-state index in [9.17, 15) is 18.3 Å². The second-order valence-corrected chi connectivity index (χ2v) is 6.55. The minimum absolute atomic E-state index is 0.160. The summed E-state index contributed by atoms with van der Waals surface area (Å²) in [5.74, 6) is 1.11. The van der Waals surface area contributed by atoms with E-state index in [0.29, 0.717) is 22.8 Å². The second kappa shape index (κ2) is 5.51.